The summed E-state index contributed by atoms with van der Waals surface area (Å²) in [5.41, 5.74) is 0. The fourth-order valence-corrected chi connectivity index (χ4v) is 4.72. The van der Waals surface area contributed by atoms with Gasteiger partial charge in [-0.25, -0.2) is 17.2 Å². The summed E-state index contributed by atoms with van der Waals surface area (Å²) in [7, 11) is -3.63. The molecule has 2 aromatic carbocycles. The molecule has 0 aromatic heterocycles. The molecule has 0 spiro atoms. The van der Waals surface area contributed by atoms with Crippen LogP contribution in [0.3, 0.4) is 0 Å². The molecule has 0 aliphatic carbocycles. The van der Waals surface area contributed by atoms with E-state index in [0.29, 0.717) is 19.4 Å². The van der Waals surface area contributed by atoms with E-state index in [1.165, 1.54) is 22.5 Å². The third-order valence-corrected chi connectivity index (χ3v) is 6.58. The number of sulfonamides is 1. The normalized spacial score (nSPS) is 17.7. The molecule has 1 heterocycles. The summed E-state index contributed by atoms with van der Waals surface area (Å²) < 4.78 is 58.1. The van der Waals surface area contributed by atoms with Gasteiger partial charge in [0.25, 0.3) is 0 Å². The maximum atomic E-state index is 13.1. The summed E-state index contributed by atoms with van der Waals surface area (Å²) in [6, 6.07) is 11.3. The molecule has 2 aromatic rings. The lowest BCUT2D eigenvalue weighted by Crippen LogP contribution is -2.45. The molecule has 9 heteroatoms. The van der Waals surface area contributed by atoms with Gasteiger partial charge in [0, 0.05) is 19.2 Å². The Bertz CT molecular complexity index is 954. The van der Waals surface area contributed by atoms with Crippen LogP contribution in [0.2, 0.25) is 0 Å². The van der Waals surface area contributed by atoms with Gasteiger partial charge in [0.05, 0.1) is 17.4 Å². The Morgan fingerprint density at radius 1 is 1.14 bits per heavy atom. The summed E-state index contributed by atoms with van der Waals surface area (Å²) in [6.07, 6.45) is 1.19. The van der Waals surface area contributed by atoms with Crippen molar-refractivity contribution in [2.24, 2.45) is 5.92 Å². The number of benzene rings is 2. The second-order valence-corrected chi connectivity index (χ2v) is 8.67. The van der Waals surface area contributed by atoms with Crippen LogP contribution in [-0.2, 0) is 14.8 Å². The molecule has 1 aliphatic heterocycles. The standard InChI is InChI=1S/C20H22F2N2O4S/c21-18-9-8-16(13-19(18)22)28-12-10-23-20(25)15-5-4-11-24(14-15)29(26,27)17-6-2-1-3-7-17/h1-3,6-9,13,15H,4-5,10-12,14H2,(H,23,25). The number of halogens is 2. The Hall–Kier alpha value is -2.52. The number of carbonyl (C=O) groups excluding carboxylic acids is 1. The lowest BCUT2D eigenvalue weighted by atomic mass is 9.99. The molecule has 0 saturated carbocycles. The van der Waals surface area contributed by atoms with Crippen LogP contribution in [0.5, 0.6) is 5.75 Å². The van der Waals surface area contributed by atoms with Crippen LogP contribution in [-0.4, -0.2) is 44.9 Å². The van der Waals surface area contributed by atoms with Crippen molar-refractivity contribution in [1.82, 2.24) is 9.62 Å². The molecular formula is C20H22F2N2O4S. The lowest BCUT2D eigenvalue weighted by molar-refractivity contribution is -0.126. The highest BCUT2D eigenvalue weighted by atomic mass is 32.2. The largest absolute Gasteiger partial charge is 0.492 e. The van der Waals surface area contributed by atoms with E-state index >= 15 is 0 Å². The maximum Gasteiger partial charge on any atom is 0.243 e. The highest BCUT2D eigenvalue weighted by Crippen LogP contribution is 2.23. The number of amides is 1. The Morgan fingerprint density at radius 3 is 2.62 bits per heavy atom. The van der Waals surface area contributed by atoms with E-state index in [-0.39, 0.29) is 36.2 Å². The van der Waals surface area contributed by atoms with Gasteiger partial charge in [-0.3, -0.25) is 4.79 Å². The number of hydrogen-bond donors (Lipinski definition) is 1. The summed E-state index contributed by atoms with van der Waals surface area (Å²) in [5.74, 6) is -2.51. The molecule has 3 rings (SSSR count). The van der Waals surface area contributed by atoms with Gasteiger partial charge in [-0.05, 0) is 37.1 Å². The van der Waals surface area contributed by atoms with Crippen molar-refractivity contribution in [1.29, 1.82) is 0 Å². The SMILES string of the molecule is O=C(NCCOc1ccc(F)c(F)c1)C1CCCN(S(=O)(=O)c2ccccc2)C1. The van der Waals surface area contributed by atoms with Crippen LogP contribution in [0.4, 0.5) is 8.78 Å². The summed E-state index contributed by atoms with van der Waals surface area (Å²) in [4.78, 5) is 12.6. The highest BCUT2D eigenvalue weighted by molar-refractivity contribution is 7.89. The van der Waals surface area contributed by atoms with Gasteiger partial charge in [-0.1, -0.05) is 18.2 Å². The fraction of sp³-hybridized carbons (Fsp3) is 0.350. The second-order valence-electron chi connectivity index (χ2n) is 6.73. The molecule has 1 aliphatic rings. The van der Waals surface area contributed by atoms with Crippen LogP contribution in [0.15, 0.2) is 53.4 Å². The monoisotopic (exact) mass is 424 g/mol. The Balaban J connectivity index is 1.50. The fourth-order valence-electron chi connectivity index (χ4n) is 3.17. The van der Waals surface area contributed by atoms with Gasteiger partial charge < -0.3 is 10.1 Å². The van der Waals surface area contributed by atoms with E-state index < -0.39 is 27.6 Å². The Labute approximate surface area is 168 Å². The van der Waals surface area contributed by atoms with E-state index in [9.17, 15) is 22.0 Å². The number of carbonyl (C=O) groups is 1. The minimum absolute atomic E-state index is 0.0789. The molecule has 29 heavy (non-hydrogen) atoms. The average molecular weight is 424 g/mol. The molecular weight excluding hydrogens is 402 g/mol. The van der Waals surface area contributed by atoms with Crippen molar-refractivity contribution in [2.75, 3.05) is 26.2 Å². The van der Waals surface area contributed by atoms with Crippen molar-refractivity contribution in [3.8, 4) is 5.75 Å². The number of hydrogen-bond acceptors (Lipinski definition) is 4. The third-order valence-electron chi connectivity index (χ3n) is 4.70. The van der Waals surface area contributed by atoms with Gasteiger partial charge >= 0.3 is 0 Å². The molecule has 1 fully saturated rings. The third kappa shape index (κ3) is 5.30. The van der Waals surface area contributed by atoms with Crippen LogP contribution in [0.1, 0.15) is 12.8 Å². The topological polar surface area (TPSA) is 75.7 Å². The van der Waals surface area contributed by atoms with Gasteiger partial charge in [0.2, 0.25) is 15.9 Å². The van der Waals surface area contributed by atoms with Crippen LogP contribution < -0.4 is 10.1 Å². The number of nitrogens with one attached hydrogen (secondary N) is 1. The molecule has 1 N–H and O–H groups in total. The van der Waals surface area contributed by atoms with E-state index in [1.807, 2.05) is 0 Å². The van der Waals surface area contributed by atoms with Crippen molar-refractivity contribution < 1.29 is 26.7 Å². The predicted octanol–water partition coefficient (Wildman–Crippen LogP) is 2.56. The lowest BCUT2D eigenvalue weighted by Gasteiger charge is -2.31. The highest BCUT2D eigenvalue weighted by Gasteiger charge is 2.33. The van der Waals surface area contributed by atoms with E-state index in [0.717, 1.165) is 12.1 Å². The predicted molar refractivity (Wildman–Crippen MR) is 103 cm³/mol. The number of piperidine rings is 1. The van der Waals surface area contributed by atoms with Gasteiger partial charge in [-0.15, -0.1) is 0 Å². The second kappa shape index (κ2) is 9.32. The van der Waals surface area contributed by atoms with Crippen LogP contribution in [0.25, 0.3) is 0 Å². The summed E-state index contributed by atoms with van der Waals surface area (Å²) in [6.45, 7) is 0.739. The Morgan fingerprint density at radius 2 is 1.90 bits per heavy atom. The minimum atomic E-state index is -3.63. The quantitative estimate of drug-likeness (QED) is 0.694. The van der Waals surface area contributed by atoms with Crippen molar-refractivity contribution >= 4 is 15.9 Å². The average Bonchev–Trinajstić information content (AvgIpc) is 2.74. The molecule has 1 atom stereocenters. The minimum Gasteiger partial charge on any atom is -0.492 e. The number of nitrogens with zero attached hydrogens (tertiary/aromatic N) is 1. The first-order valence-electron chi connectivity index (χ1n) is 9.28. The van der Waals surface area contributed by atoms with Crippen LogP contribution in [0, 0.1) is 17.6 Å². The first kappa shape index (κ1) is 21.2. The zero-order chi connectivity index (χ0) is 20.9. The zero-order valence-electron chi connectivity index (χ0n) is 15.7. The van der Waals surface area contributed by atoms with E-state index in [2.05, 4.69) is 5.32 Å². The molecule has 1 amide bonds. The van der Waals surface area contributed by atoms with E-state index in [1.54, 1.807) is 18.2 Å². The number of rotatable bonds is 7. The zero-order valence-corrected chi connectivity index (χ0v) is 16.5. The first-order chi connectivity index (χ1) is 13.9. The first-order valence-corrected chi connectivity index (χ1v) is 10.7. The van der Waals surface area contributed by atoms with E-state index in [4.69, 9.17) is 4.74 Å². The number of ether oxygens (including phenoxy) is 1. The van der Waals surface area contributed by atoms with Gasteiger partial charge in [-0.2, -0.15) is 4.31 Å². The maximum absolute atomic E-state index is 13.1. The Kier molecular flexibility index (Phi) is 6.81. The molecule has 156 valence electrons. The summed E-state index contributed by atoms with van der Waals surface area (Å²) >= 11 is 0. The molecule has 1 unspecified atom stereocenters. The van der Waals surface area contributed by atoms with Crippen LogP contribution >= 0.6 is 0 Å². The van der Waals surface area contributed by atoms with Gasteiger partial charge in [0.15, 0.2) is 11.6 Å². The van der Waals surface area contributed by atoms with Gasteiger partial charge in [0.1, 0.15) is 12.4 Å². The molecule has 6 nitrogen and oxygen atoms in total. The van der Waals surface area contributed by atoms with Crippen molar-refractivity contribution in [3.63, 3.8) is 0 Å². The molecule has 0 bridgehead atoms. The summed E-state index contributed by atoms with van der Waals surface area (Å²) in [5, 5.41) is 2.71. The molecule has 0 radical (unpaired) electrons. The van der Waals surface area contributed by atoms with Crippen molar-refractivity contribution in [3.05, 3.63) is 60.2 Å². The smallest absolute Gasteiger partial charge is 0.243 e. The molecule has 1 saturated heterocycles. The van der Waals surface area contributed by atoms with Crippen molar-refractivity contribution in [2.45, 2.75) is 17.7 Å².